The lowest BCUT2D eigenvalue weighted by molar-refractivity contribution is -0.139. The van der Waals surface area contributed by atoms with Crippen molar-refractivity contribution >= 4 is 11.9 Å². The van der Waals surface area contributed by atoms with E-state index in [0.717, 1.165) is 10.6 Å². The Morgan fingerprint density at radius 1 is 1.33 bits per heavy atom. The van der Waals surface area contributed by atoms with Crippen molar-refractivity contribution in [2.45, 2.75) is 45.2 Å². The van der Waals surface area contributed by atoms with Crippen LogP contribution in [0.3, 0.4) is 0 Å². The third kappa shape index (κ3) is 4.59. The van der Waals surface area contributed by atoms with Gasteiger partial charge in [-0.3, -0.25) is 23.9 Å². The average molecular weight is 297 g/mol. The molecule has 0 aliphatic rings. The molecule has 0 saturated carbocycles. The number of carboxylic acid groups (broad SMARTS) is 1. The molecule has 0 fully saturated rings. The maximum absolute atomic E-state index is 12.0. The molecule has 8 heteroatoms. The number of carbonyl (C=O) groups excluding carboxylic acids is 1. The summed E-state index contributed by atoms with van der Waals surface area (Å²) in [5.74, 6) is -1.48. The predicted molar refractivity (Wildman–Crippen MR) is 75.0 cm³/mol. The van der Waals surface area contributed by atoms with Gasteiger partial charge in [-0.2, -0.15) is 0 Å². The third-order valence-corrected chi connectivity index (χ3v) is 3.46. The summed E-state index contributed by atoms with van der Waals surface area (Å²) < 4.78 is 1.05. The minimum absolute atomic E-state index is 0.188. The van der Waals surface area contributed by atoms with Gasteiger partial charge < -0.3 is 10.4 Å². The highest BCUT2D eigenvalue weighted by Gasteiger charge is 2.30. The van der Waals surface area contributed by atoms with Gasteiger partial charge in [-0.25, -0.2) is 4.79 Å². The van der Waals surface area contributed by atoms with Gasteiger partial charge in [0.05, 0.1) is 12.0 Å². The van der Waals surface area contributed by atoms with E-state index in [-0.39, 0.29) is 13.0 Å². The Hall–Kier alpha value is -2.38. The molecule has 1 rings (SSSR count). The van der Waals surface area contributed by atoms with Crippen LogP contribution >= 0.6 is 0 Å². The van der Waals surface area contributed by atoms with Crippen molar-refractivity contribution in [3.63, 3.8) is 0 Å². The van der Waals surface area contributed by atoms with Crippen LogP contribution < -0.4 is 16.6 Å². The van der Waals surface area contributed by atoms with E-state index >= 15 is 0 Å². The topological polar surface area (TPSA) is 121 Å². The number of nitrogens with zero attached hydrogens (tertiary/aromatic N) is 1. The highest BCUT2D eigenvalue weighted by molar-refractivity contribution is 5.78. The second-order valence-corrected chi connectivity index (χ2v) is 4.84. The van der Waals surface area contributed by atoms with Crippen LogP contribution in [0.2, 0.25) is 0 Å². The Bertz CT molecular complexity index is 627. The summed E-state index contributed by atoms with van der Waals surface area (Å²) in [4.78, 5) is 47.4. The maximum atomic E-state index is 12.0. The van der Waals surface area contributed by atoms with Crippen molar-refractivity contribution in [3.05, 3.63) is 33.1 Å². The van der Waals surface area contributed by atoms with Crippen molar-refractivity contribution in [1.29, 1.82) is 0 Å². The quantitative estimate of drug-likeness (QED) is 0.637. The summed E-state index contributed by atoms with van der Waals surface area (Å²) in [6, 6.07) is 1.14. The minimum atomic E-state index is -1.000. The average Bonchev–Trinajstić information content (AvgIpc) is 2.40. The highest BCUT2D eigenvalue weighted by Crippen LogP contribution is 2.19. The molecule has 0 aliphatic heterocycles. The molecule has 0 bridgehead atoms. The van der Waals surface area contributed by atoms with Gasteiger partial charge in [0, 0.05) is 12.3 Å². The molecule has 0 radical (unpaired) electrons. The Balaban J connectivity index is 2.85. The number of amides is 1. The first-order chi connectivity index (χ1) is 9.81. The third-order valence-electron chi connectivity index (χ3n) is 3.46. The number of aliphatic carboxylic acids is 1. The number of hydrogen-bond acceptors (Lipinski definition) is 4. The summed E-state index contributed by atoms with van der Waals surface area (Å²) in [5.41, 5.74) is -2.07. The van der Waals surface area contributed by atoms with Crippen molar-refractivity contribution in [2.75, 3.05) is 0 Å². The fourth-order valence-electron chi connectivity index (χ4n) is 2.07. The largest absolute Gasteiger partial charge is 0.481 e. The Morgan fingerprint density at radius 3 is 2.43 bits per heavy atom. The van der Waals surface area contributed by atoms with E-state index in [1.54, 1.807) is 13.8 Å². The van der Waals surface area contributed by atoms with Crippen LogP contribution in [-0.2, 0) is 16.1 Å². The van der Waals surface area contributed by atoms with Gasteiger partial charge in [0.25, 0.3) is 5.56 Å². The highest BCUT2D eigenvalue weighted by atomic mass is 16.4. The molecular formula is C13H19N3O5. The fourth-order valence-corrected chi connectivity index (χ4v) is 2.07. The Morgan fingerprint density at radius 2 is 1.95 bits per heavy atom. The number of hydrogen-bond donors (Lipinski definition) is 3. The fraction of sp³-hybridized carbons (Fsp3) is 0.538. The summed E-state index contributed by atoms with van der Waals surface area (Å²) in [6.45, 7) is 3.30. The standard InChI is InChI=1S/C13H19N3O5/c1-3-13(4-2,7-11(19)20)15-10(18)8-16-6-5-9(17)14-12(16)21/h5-6H,3-4,7-8H2,1-2H3,(H,15,18)(H,19,20)(H,14,17,21). The minimum Gasteiger partial charge on any atom is -0.481 e. The zero-order chi connectivity index (χ0) is 16.0. The van der Waals surface area contributed by atoms with Gasteiger partial charge in [0.15, 0.2) is 0 Å². The first kappa shape index (κ1) is 16.7. The van der Waals surface area contributed by atoms with Crippen LogP contribution in [0.1, 0.15) is 33.1 Å². The van der Waals surface area contributed by atoms with Crippen LogP contribution in [-0.4, -0.2) is 32.1 Å². The molecule has 1 aromatic rings. The first-order valence-electron chi connectivity index (χ1n) is 6.64. The molecule has 1 amide bonds. The Kier molecular flexibility index (Phi) is 5.45. The summed E-state index contributed by atoms with van der Waals surface area (Å²) in [5, 5.41) is 11.6. The van der Waals surface area contributed by atoms with Crippen LogP contribution in [0.5, 0.6) is 0 Å². The summed E-state index contributed by atoms with van der Waals surface area (Å²) >= 11 is 0. The number of aromatic amines is 1. The molecule has 0 aromatic carbocycles. The second kappa shape index (κ2) is 6.87. The first-order valence-corrected chi connectivity index (χ1v) is 6.64. The second-order valence-electron chi connectivity index (χ2n) is 4.84. The molecule has 0 saturated heterocycles. The molecule has 0 spiro atoms. The van der Waals surface area contributed by atoms with E-state index in [0.29, 0.717) is 12.8 Å². The van der Waals surface area contributed by atoms with E-state index in [4.69, 9.17) is 5.11 Å². The number of rotatable bonds is 7. The van der Waals surface area contributed by atoms with Crippen molar-refractivity contribution in [1.82, 2.24) is 14.9 Å². The zero-order valence-electron chi connectivity index (χ0n) is 12.0. The van der Waals surface area contributed by atoms with Crippen LogP contribution in [0.4, 0.5) is 0 Å². The van der Waals surface area contributed by atoms with Gasteiger partial charge >= 0.3 is 11.7 Å². The molecule has 116 valence electrons. The summed E-state index contributed by atoms with van der Waals surface area (Å²) in [7, 11) is 0. The number of nitrogens with one attached hydrogen (secondary N) is 2. The maximum Gasteiger partial charge on any atom is 0.328 e. The molecule has 0 atom stereocenters. The lowest BCUT2D eigenvalue weighted by atomic mass is 9.89. The summed E-state index contributed by atoms with van der Waals surface area (Å²) in [6.07, 6.45) is 1.95. The number of carboxylic acids is 1. The number of aromatic nitrogens is 2. The van der Waals surface area contributed by atoms with Gasteiger partial charge in [-0.1, -0.05) is 13.8 Å². The van der Waals surface area contributed by atoms with Crippen molar-refractivity contribution in [3.8, 4) is 0 Å². The molecule has 21 heavy (non-hydrogen) atoms. The molecule has 8 nitrogen and oxygen atoms in total. The van der Waals surface area contributed by atoms with E-state index in [9.17, 15) is 19.2 Å². The number of carbonyl (C=O) groups is 2. The smallest absolute Gasteiger partial charge is 0.328 e. The Labute approximate surface area is 120 Å². The zero-order valence-corrected chi connectivity index (χ0v) is 12.0. The van der Waals surface area contributed by atoms with E-state index in [1.165, 1.54) is 6.20 Å². The van der Waals surface area contributed by atoms with E-state index in [1.807, 2.05) is 4.98 Å². The van der Waals surface area contributed by atoms with Gasteiger partial charge in [-0.15, -0.1) is 0 Å². The lowest BCUT2D eigenvalue weighted by Gasteiger charge is -2.31. The molecular weight excluding hydrogens is 278 g/mol. The molecule has 1 aromatic heterocycles. The number of H-pyrrole nitrogens is 1. The van der Waals surface area contributed by atoms with Crippen molar-refractivity contribution in [2.24, 2.45) is 0 Å². The van der Waals surface area contributed by atoms with Crippen LogP contribution in [0, 0.1) is 0 Å². The molecule has 1 heterocycles. The van der Waals surface area contributed by atoms with E-state index in [2.05, 4.69) is 5.32 Å². The van der Waals surface area contributed by atoms with Gasteiger partial charge in [-0.05, 0) is 12.8 Å². The normalized spacial score (nSPS) is 11.1. The van der Waals surface area contributed by atoms with Crippen LogP contribution in [0.25, 0.3) is 0 Å². The molecule has 0 aliphatic carbocycles. The van der Waals surface area contributed by atoms with Gasteiger partial charge in [0.1, 0.15) is 6.54 Å². The van der Waals surface area contributed by atoms with Crippen LogP contribution in [0.15, 0.2) is 21.9 Å². The lowest BCUT2D eigenvalue weighted by Crippen LogP contribution is -2.50. The van der Waals surface area contributed by atoms with Gasteiger partial charge in [0.2, 0.25) is 5.91 Å². The monoisotopic (exact) mass is 297 g/mol. The molecule has 3 N–H and O–H groups in total. The predicted octanol–water partition coefficient (Wildman–Crippen LogP) is -0.314. The SMILES string of the molecule is CCC(CC)(CC(=O)O)NC(=O)Cn1ccc(=O)[nH]c1=O. The molecule has 0 unspecified atom stereocenters. The van der Waals surface area contributed by atoms with Crippen molar-refractivity contribution < 1.29 is 14.7 Å². The van der Waals surface area contributed by atoms with E-state index < -0.39 is 28.7 Å².